The standard InChI is InChI=1S/C13H12NO/c1-11-4-6-12(7-5-11)10-15-13-3-2-8-14-9-13/h2-9H,1,10H2. The van der Waals surface area contributed by atoms with Gasteiger partial charge in [-0.15, -0.1) is 0 Å². The molecule has 0 N–H and O–H groups in total. The van der Waals surface area contributed by atoms with E-state index in [0.29, 0.717) is 6.61 Å². The van der Waals surface area contributed by atoms with Crippen molar-refractivity contribution in [3.63, 3.8) is 0 Å². The molecule has 1 radical (unpaired) electrons. The largest absolute Gasteiger partial charge is 0.487 e. The number of benzene rings is 1. The second-order valence-corrected chi connectivity index (χ2v) is 3.29. The number of hydrogen-bond acceptors (Lipinski definition) is 2. The van der Waals surface area contributed by atoms with Crippen molar-refractivity contribution in [1.82, 2.24) is 4.98 Å². The van der Waals surface area contributed by atoms with Gasteiger partial charge in [0.25, 0.3) is 0 Å². The van der Waals surface area contributed by atoms with E-state index in [1.807, 2.05) is 36.4 Å². The molecule has 1 heterocycles. The molecule has 0 bridgehead atoms. The molecule has 2 heteroatoms. The molecule has 0 saturated heterocycles. The molecule has 0 aliphatic heterocycles. The highest BCUT2D eigenvalue weighted by atomic mass is 16.5. The first kappa shape index (κ1) is 9.71. The van der Waals surface area contributed by atoms with Crippen LogP contribution in [-0.2, 0) is 6.61 Å². The Balaban J connectivity index is 1.96. The second-order valence-electron chi connectivity index (χ2n) is 3.29. The highest BCUT2D eigenvalue weighted by Crippen LogP contribution is 2.10. The van der Waals surface area contributed by atoms with Crippen molar-refractivity contribution >= 4 is 0 Å². The van der Waals surface area contributed by atoms with Crippen LogP contribution in [0.15, 0.2) is 48.8 Å². The first-order chi connectivity index (χ1) is 7.34. The Kier molecular flexibility index (Phi) is 2.98. The molecule has 0 atom stereocenters. The lowest BCUT2D eigenvalue weighted by atomic mass is 10.2. The molecular weight excluding hydrogens is 186 g/mol. The fourth-order valence-corrected chi connectivity index (χ4v) is 1.23. The number of ether oxygens (including phenoxy) is 1. The monoisotopic (exact) mass is 198 g/mol. The molecule has 0 fully saturated rings. The molecule has 0 amide bonds. The normalized spacial score (nSPS) is 9.93. The zero-order valence-electron chi connectivity index (χ0n) is 8.39. The minimum absolute atomic E-state index is 0.561. The smallest absolute Gasteiger partial charge is 0.138 e. The lowest BCUT2D eigenvalue weighted by Gasteiger charge is -2.05. The summed E-state index contributed by atoms with van der Waals surface area (Å²) in [6.07, 6.45) is 3.43. The maximum Gasteiger partial charge on any atom is 0.138 e. The van der Waals surface area contributed by atoms with Gasteiger partial charge in [0.15, 0.2) is 0 Å². The zero-order chi connectivity index (χ0) is 10.5. The summed E-state index contributed by atoms with van der Waals surface area (Å²) in [5.41, 5.74) is 2.14. The van der Waals surface area contributed by atoms with E-state index in [1.54, 1.807) is 12.4 Å². The minimum atomic E-state index is 0.561. The summed E-state index contributed by atoms with van der Waals surface area (Å²) in [7, 11) is 0. The second kappa shape index (κ2) is 4.60. The number of aromatic nitrogens is 1. The Morgan fingerprint density at radius 1 is 1.13 bits per heavy atom. The number of pyridine rings is 1. The molecule has 0 saturated carbocycles. The van der Waals surface area contributed by atoms with Gasteiger partial charge >= 0.3 is 0 Å². The topological polar surface area (TPSA) is 22.1 Å². The van der Waals surface area contributed by atoms with E-state index in [4.69, 9.17) is 4.74 Å². The van der Waals surface area contributed by atoms with Gasteiger partial charge in [-0.1, -0.05) is 24.3 Å². The van der Waals surface area contributed by atoms with Crippen molar-refractivity contribution in [1.29, 1.82) is 0 Å². The summed E-state index contributed by atoms with van der Waals surface area (Å²) in [5.74, 6) is 0.788. The molecule has 0 spiro atoms. The molecule has 0 aliphatic rings. The van der Waals surface area contributed by atoms with E-state index in [-0.39, 0.29) is 0 Å². The summed E-state index contributed by atoms with van der Waals surface area (Å²) in [6.45, 7) is 4.39. The van der Waals surface area contributed by atoms with Crippen LogP contribution in [0.1, 0.15) is 11.1 Å². The van der Waals surface area contributed by atoms with Crippen LogP contribution in [0, 0.1) is 6.92 Å². The van der Waals surface area contributed by atoms with Crippen LogP contribution < -0.4 is 4.74 Å². The predicted octanol–water partition coefficient (Wildman–Crippen LogP) is 2.84. The lowest BCUT2D eigenvalue weighted by molar-refractivity contribution is 0.305. The number of nitrogens with zero attached hydrogens (tertiary/aromatic N) is 1. The van der Waals surface area contributed by atoms with Crippen LogP contribution in [0.3, 0.4) is 0 Å². The van der Waals surface area contributed by atoms with E-state index in [9.17, 15) is 0 Å². The molecule has 15 heavy (non-hydrogen) atoms. The maximum absolute atomic E-state index is 5.55. The minimum Gasteiger partial charge on any atom is -0.487 e. The third kappa shape index (κ3) is 2.81. The van der Waals surface area contributed by atoms with Gasteiger partial charge < -0.3 is 4.74 Å². The molecule has 2 aromatic rings. The zero-order valence-corrected chi connectivity index (χ0v) is 8.39. The lowest BCUT2D eigenvalue weighted by Crippen LogP contribution is -1.95. The first-order valence-electron chi connectivity index (χ1n) is 4.78. The fourth-order valence-electron chi connectivity index (χ4n) is 1.23. The Hall–Kier alpha value is -1.83. The van der Waals surface area contributed by atoms with Crippen LogP contribution in [0.2, 0.25) is 0 Å². The van der Waals surface area contributed by atoms with Gasteiger partial charge in [0.1, 0.15) is 12.4 Å². The van der Waals surface area contributed by atoms with Crippen LogP contribution in [0.25, 0.3) is 0 Å². The summed E-state index contributed by atoms with van der Waals surface area (Å²) in [4.78, 5) is 3.98. The third-order valence-corrected chi connectivity index (χ3v) is 2.06. The van der Waals surface area contributed by atoms with Gasteiger partial charge in [-0.3, -0.25) is 4.98 Å². The van der Waals surface area contributed by atoms with Gasteiger partial charge in [-0.05, 0) is 30.2 Å². The molecule has 0 aliphatic carbocycles. The summed E-state index contributed by atoms with van der Waals surface area (Å²) < 4.78 is 5.55. The van der Waals surface area contributed by atoms with Crippen molar-refractivity contribution < 1.29 is 4.74 Å². The molecule has 0 unspecified atom stereocenters. The third-order valence-electron chi connectivity index (χ3n) is 2.06. The number of hydrogen-bond donors (Lipinski definition) is 0. The van der Waals surface area contributed by atoms with Gasteiger partial charge in [0.05, 0.1) is 6.20 Å². The van der Waals surface area contributed by atoms with E-state index in [1.165, 1.54) is 0 Å². The summed E-state index contributed by atoms with van der Waals surface area (Å²) in [6, 6.07) is 11.7. The van der Waals surface area contributed by atoms with Crippen molar-refractivity contribution in [2.24, 2.45) is 0 Å². The predicted molar refractivity (Wildman–Crippen MR) is 59.5 cm³/mol. The van der Waals surface area contributed by atoms with Crippen molar-refractivity contribution in [3.8, 4) is 5.75 Å². The maximum atomic E-state index is 5.55. The quantitative estimate of drug-likeness (QED) is 0.756. The van der Waals surface area contributed by atoms with Crippen LogP contribution in [0.4, 0.5) is 0 Å². The average molecular weight is 198 g/mol. The Morgan fingerprint density at radius 2 is 1.93 bits per heavy atom. The summed E-state index contributed by atoms with van der Waals surface area (Å²) in [5, 5.41) is 0. The van der Waals surface area contributed by atoms with E-state index < -0.39 is 0 Å². The highest BCUT2D eigenvalue weighted by molar-refractivity contribution is 5.24. The van der Waals surface area contributed by atoms with Gasteiger partial charge in [-0.2, -0.15) is 0 Å². The molecular formula is C13H12NO. The van der Waals surface area contributed by atoms with Crippen LogP contribution in [0.5, 0.6) is 5.75 Å². The van der Waals surface area contributed by atoms with Crippen molar-refractivity contribution in [2.45, 2.75) is 6.61 Å². The van der Waals surface area contributed by atoms with Crippen molar-refractivity contribution in [3.05, 3.63) is 66.8 Å². The Morgan fingerprint density at radius 3 is 2.60 bits per heavy atom. The molecule has 2 nitrogen and oxygen atoms in total. The van der Waals surface area contributed by atoms with Gasteiger partial charge in [0, 0.05) is 6.20 Å². The SMILES string of the molecule is [CH2]c1ccc(COc2cccnc2)cc1. The van der Waals surface area contributed by atoms with Crippen LogP contribution in [-0.4, -0.2) is 4.98 Å². The Bertz CT molecular complexity index is 408. The van der Waals surface area contributed by atoms with E-state index in [2.05, 4.69) is 11.9 Å². The Labute approximate surface area is 89.6 Å². The van der Waals surface area contributed by atoms with Gasteiger partial charge in [-0.25, -0.2) is 0 Å². The fraction of sp³-hybridized carbons (Fsp3) is 0.0769. The van der Waals surface area contributed by atoms with Crippen molar-refractivity contribution in [2.75, 3.05) is 0 Å². The molecule has 1 aromatic heterocycles. The summed E-state index contributed by atoms with van der Waals surface area (Å²) >= 11 is 0. The van der Waals surface area contributed by atoms with E-state index >= 15 is 0 Å². The highest BCUT2D eigenvalue weighted by Gasteiger charge is 1.94. The molecule has 2 rings (SSSR count). The van der Waals surface area contributed by atoms with Crippen LogP contribution >= 0.6 is 0 Å². The average Bonchev–Trinajstić information content (AvgIpc) is 2.30. The first-order valence-corrected chi connectivity index (χ1v) is 4.78. The molecule has 75 valence electrons. The molecule has 1 aromatic carbocycles. The number of rotatable bonds is 3. The van der Waals surface area contributed by atoms with E-state index in [0.717, 1.165) is 16.9 Å². The van der Waals surface area contributed by atoms with Gasteiger partial charge in [0.2, 0.25) is 0 Å².